The Bertz CT molecular complexity index is 199. The lowest BCUT2D eigenvalue weighted by Crippen LogP contribution is -2.41. The summed E-state index contributed by atoms with van der Waals surface area (Å²) in [6.07, 6.45) is -0.885. The first-order chi connectivity index (χ1) is 6.00. The third-order valence-electron chi connectivity index (χ3n) is 2.10. The fourth-order valence-electron chi connectivity index (χ4n) is 1.62. The summed E-state index contributed by atoms with van der Waals surface area (Å²) in [5, 5.41) is 8.79. The first-order valence-electron chi connectivity index (χ1n) is 4.26. The number of carboxylic acid groups (broad SMARTS) is 1. The van der Waals surface area contributed by atoms with Crippen molar-refractivity contribution in [2.24, 2.45) is 0 Å². The van der Waals surface area contributed by atoms with E-state index in [9.17, 15) is 9.18 Å². The van der Waals surface area contributed by atoms with Gasteiger partial charge in [-0.1, -0.05) is 0 Å². The molecule has 1 N–H and O–H groups in total. The van der Waals surface area contributed by atoms with Crippen LogP contribution < -0.4 is 0 Å². The van der Waals surface area contributed by atoms with Crippen molar-refractivity contribution in [2.75, 3.05) is 27.3 Å². The minimum atomic E-state index is -0.999. The molecule has 0 radical (unpaired) electrons. The highest BCUT2D eigenvalue weighted by Crippen LogP contribution is 2.20. The molecule has 76 valence electrons. The van der Waals surface area contributed by atoms with Crippen molar-refractivity contribution in [2.45, 2.75) is 18.6 Å². The van der Waals surface area contributed by atoms with Crippen LogP contribution in [-0.4, -0.2) is 60.4 Å². The molecule has 1 heterocycles. The number of carboxylic acids is 1. The number of nitrogens with zero attached hydrogens (tertiary/aromatic N) is 2. The zero-order valence-electron chi connectivity index (χ0n) is 7.90. The summed E-state index contributed by atoms with van der Waals surface area (Å²) in [5.41, 5.74) is 0. The first kappa shape index (κ1) is 10.4. The van der Waals surface area contributed by atoms with Crippen LogP contribution in [0.2, 0.25) is 0 Å². The van der Waals surface area contributed by atoms with Gasteiger partial charge in [-0.15, -0.1) is 0 Å². The monoisotopic (exact) mass is 190 g/mol. The number of hydrogen-bond acceptors (Lipinski definition) is 3. The van der Waals surface area contributed by atoms with Crippen molar-refractivity contribution in [1.82, 2.24) is 9.80 Å². The second-order valence-electron chi connectivity index (χ2n) is 3.68. The number of likely N-dealkylation sites (tertiary alicyclic amines) is 1. The van der Waals surface area contributed by atoms with E-state index in [1.807, 2.05) is 19.0 Å². The maximum Gasteiger partial charge on any atom is 0.321 e. The highest BCUT2D eigenvalue weighted by molar-refractivity contribution is 5.74. The van der Waals surface area contributed by atoms with Gasteiger partial charge in [0.15, 0.2) is 0 Å². The molecule has 2 unspecified atom stereocenters. The number of halogens is 1. The molecule has 5 heteroatoms. The Morgan fingerprint density at radius 3 is 2.77 bits per heavy atom. The second kappa shape index (κ2) is 4.02. The van der Waals surface area contributed by atoms with Gasteiger partial charge in [-0.05, 0) is 14.1 Å². The molecular formula is C8H15FN2O2. The van der Waals surface area contributed by atoms with E-state index in [0.717, 1.165) is 0 Å². The molecule has 1 saturated heterocycles. The molecule has 2 atom stereocenters. The van der Waals surface area contributed by atoms with Crippen LogP contribution in [-0.2, 0) is 4.79 Å². The number of aliphatic carboxylic acids is 1. The van der Waals surface area contributed by atoms with E-state index in [2.05, 4.69) is 0 Å². The standard InChI is InChI=1S/C8H15FN2O2/c1-10(2)5-11-4-6(9)3-7(11)8(12)13/h6-7H,3-5H2,1-2H3,(H,12,13). The van der Waals surface area contributed by atoms with Gasteiger partial charge in [-0.25, -0.2) is 4.39 Å². The Balaban J connectivity index is 2.55. The van der Waals surface area contributed by atoms with Crippen LogP contribution in [0.15, 0.2) is 0 Å². The Morgan fingerprint density at radius 1 is 1.69 bits per heavy atom. The van der Waals surface area contributed by atoms with E-state index < -0.39 is 18.2 Å². The Morgan fingerprint density at radius 2 is 2.31 bits per heavy atom. The summed E-state index contributed by atoms with van der Waals surface area (Å²) >= 11 is 0. The Kier molecular flexibility index (Phi) is 3.22. The van der Waals surface area contributed by atoms with Gasteiger partial charge in [0.2, 0.25) is 0 Å². The fourth-order valence-corrected chi connectivity index (χ4v) is 1.62. The van der Waals surface area contributed by atoms with Crippen molar-refractivity contribution < 1.29 is 14.3 Å². The topological polar surface area (TPSA) is 43.8 Å². The maximum atomic E-state index is 12.9. The van der Waals surface area contributed by atoms with Crippen LogP contribution in [0.25, 0.3) is 0 Å². The van der Waals surface area contributed by atoms with Crippen LogP contribution in [0.1, 0.15) is 6.42 Å². The van der Waals surface area contributed by atoms with Crippen LogP contribution in [0, 0.1) is 0 Å². The highest BCUT2D eigenvalue weighted by Gasteiger charge is 2.36. The predicted molar refractivity (Wildman–Crippen MR) is 46.2 cm³/mol. The summed E-state index contributed by atoms with van der Waals surface area (Å²) in [6, 6.07) is -0.655. The van der Waals surface area contributed by atoms with Gasteiger partial charge >= 0.3 is 5.97 Å². The van der Waals surface area contributed by atoms with Gasteiger partial charge in [-0.2, -0.15) is 0 Å². The van der Waals surface area contributed by atoms with E-state index in [1.54, 1.807) is 4.90 Å². The molecule has 1 aliphatic heterocycles. The number of carbonyl (C=O) groups is 1. The predicted octanol–water partition coefficient (Wildman–Crippen LogP) is 0.00250. The van der Waals surface area contributed by atoms with Crippen molar-refractivity contribution >= 4 is 5.97 Å². The van der Waals surface area contributed by atoms with Gasteiger partial charge in [0.1, 0.15) is 12.2 Å². The van der Waals surface area contributed by atoms with Crippen molar-refractivity contribution in [1.29, 1.82) is 0 Å². The molecule has 0 amide bonds. The number of hydrogen-bond donors (Lipinski definition) is 1. The van der Waals surface area contributed by atoms with Crippen LogP contribution in [0.5, 0.6) is 0 Å². The molecule has 0 bridgehead atoms. The lowest BCUT2D eigenvalue weighted by Gasteiger charge is -2.24. The Hall–Kier alpha value is -0.680. The molecule has 0 aromatic carbocycles. The second-order valence-corrected chi connectivity index (χ2v) is 3.68. The molecule has 0 saturated carbocycles. The summed E-state index contributed by atoms with van der Waals surface area (Å²) in [6.45, 7) is 0.729. The molecule has 0 spiro atoms. The molecule has 1 fully saturated rings. The zero-order chi connectivity index (χ0) is 10.0. The van der Waals surface area contributed by atoms with Crippen molar-refractivity contribution in [3.05, 3.63) is 0 Å². The zero-order valence-corrected chi connectivity index (χ0v) is 7.90. The summed E-state index contributed by atoms with van der Waals surface area (Å²) < 4.78 is 12.9. The Labute approximate surface area is 76.9 Å². The van der Waals surface area contributed by atoms with E-state index >= 15 is 0 Å². The van der Waals surface area contributed by atoms with Crippen molar-refractivity contribution in [3.63, 3.8) is 0 Å². The van der Waals surface area contributed by atoms with Gasteiger partial charge in [0.05, 0.1) is 6.67 Å². The third-order valence-corrected chi connectivity index (χ3v) is 2.10. The van der Waals surface area contributed by atoms with Crippen LogP contribution in [0.3, 0.4) is 0 Å². The molecule has 13 heavy (non-hydrogen) atoms. The van der Waals surface area contributed by atoms with E-state index in [-0.39, 0.29) is 13.0 Å². The van der Waals surface area contributed by atoms with Gasteiger partial charge in [0, 0.05) is 13.0 Å². The van der Waals surface area contributed by atoms with Gasteiger partial charge < -0.3 is 5.11 Å². The largest absolute Gasteiger partial charge is 0.480 e. The first-order valence-corrected chi connectivity index (χ1v) is 4.26. The molecular weight excluding hydrogens is 175 g/mol. The van der Waals surface area contributed by atoms with Crippen molar-refractivity contribution in [3.8, 4) is 0 Å². The van der Waals surface area contributed by atoms with E-state index in [1.165, 1.54) is 0 Å². The minimum Gasteiger partial charge on any atom is -0.480 e. The molecule has 0 aliphatic carbocycles. The SMILES string of the molecule is CN(C)CN1CC(F)CC1C(=O)O. The molecule has 0 aromatic heterocycles. The average molecular weight is 190 g/mol. The fraction of sp³-hybridized carbons (Fsp3) is 0.875. The molecule has 0 aromatic rings. The lowest BCUT2D eigenvalue weighted by molar-refractivity contribution is -0.142. The summed E-state index contributed by atoms with van der Waals surface area (Å²) in [7, 11) is 3.68. The van der Waals surface area contributed by atoms with E-state index in [0.29, 0.717) is 6.67 Å². The van der Waals surface area contributed by atoms with E-state index in [4.69, 9.17) is 5.11 Å². The quantitative estimate of drug-likeness (QED) is 0.680. The molecule has 1 aliphatic rings. The van der Waals surface area contributed by atoms with Crippen LogP contribution in [0.4, 0.5) is 4.39 Å². The summed E-state index contributed by atoms with van der Waals surface area (Å²) in [4.78, 5) is 14.2. The highest BCUT2D eigenvalue weighted by atomic mass is 19.1. The number of rotatable bonds is 3. The lowest BCUT2D eigenvalue weighted by atomic mass is 10.2. The van der Waals surface area contributed by atoms with Gasteiger partial charge in [0.25, 0.3) is 0 Å². The number of alkyl halides is 1. The third kappa shape index (κ3) is 2.63. The smallest absolute Gasteiger partial charge is 0.321 e. The average Bonchev–Trinajstić information content (AvgIpc) is 2.29. The maximum absolute atomic E-state index is 12.9. The summed E-state index contributed by atoms with van der Waals surface area (Å²) in [5.74, 6) is -0.929. The molecule has 1 rings (SSSR count). The normalized spacial score (nSPS) is 29.8. The molecule has 4 nitrogen and oxygen atoms in total. The minimum absolute atomic E-state index is 0.114. The van der Waals surface area contributed by atoms with Crippen LogP contribution >= 0.6 is 0 Å². The van der Waals surface area contributed by atoms with Gasteiger partial charge in [-0.3, -0.25) is 14.6 Å².